The second-order valence-electron chi connectivity index (χ2n) is 2.16. The lowest BCUT2D eigenvalue weighted by Gasteiger charge is -1.93. The van der Waals surface area contributed by atoms with Gasteiger partial charge in [-0.25, -0.2) is 0 Å². The summed E-state index contributed by atoms with van der Waals surface area (Å²) in [6.07, 6.45) is 4.07. The van der Waals surface area contributed by atoms with Gasteiger partial charge < -0.3 is 0 Å². The topological polar surface area (TPSA) is 43.1 Å². The predicted molar refractivity (Wildman–Crippen MR) is 49.2 cm³/mol. The quantitative estimate of drug-likeness (QED) is 0.241. The molecule has 0 saturated heterocycles. The molecule has 0 spiro atoms. The first-order valence-corrected chi connectivity index (χ1v) is 4.97. The van der Waals surface area contributed by atoms with Crippen molar-refractivity contribution >= 4 is 22.6 Å². The second kappa shape index (κ2) is 7.24. The van der Waals surface area contributed by atoms with Gasteiger partial charge in [0.25, 0.3) is 0 Å². The number of alkyl halides is 1. The van der Waals surface area contributed by atoms with Crippen molar-refractivity contribution in [1.82, 2.24) is 0 Å². The van der Waals surface area contributed by atoms with E-state index in [-0.39, 0.29) is 11.5 Å². The number of nitrogens with zero attached hydrogens (tertiary/aromatic N) is 1. The maximum Gasteiger partial charge on any atom is 0.203 e. The van der Waals surface area contributed by atoms with Gasteiger partial charge in [0.2, 0.25) is 6.54 Å². The fourth-order valence-corrected chi connectivity index (χ4v) is 1.23. The first-order chi connectivity index (χ1) is 4.77. The molecule has 0 atom stereocenters. The van der Waals surface area contributed by atoms with Crippen LogP contribution in [0.2, 0.25) is 0 Å². The minimum atomic E-state index is -0.246. The maximum atomic E-state index is 9.84. The summed E-state index contributed by atoms with van der Waals surface area (Å²) in [5.41, 5.74) is 0. The Morgan fingerprint density at radius 2 is 1.80 bits per heavy atom. The molecule has 0 aromatic heterocycles. The minimum absolute atomic E-state index is 0.140. The molecule has 0 aromatic carbocycles. The molecule has 0 amide bonds. The van der Waals surface area contributed by atoms with E-state index < -0.39 is 0 Å². The first-order valence-electron chi connectivity index (χ1n) is 3.45. The largest absolute Gasteiger partial charge is 0.265 e. The summed E-state index contributed by atoms with van der Waals surface area (Å²) in [6, 6.07) is 0. The zero-order valence-corrected chi connectivity index (χ0v) is 8.04. The van der Waals surface area contributed by atoms with Gasteiger partial charge in [-0.1, -0.05) is 29.0 Å². The molecule has 0 bridgehead atoms. The van der Waals surface area contributed by atoms with Gasteiger partial charge in [0.15, 0.2) is 0 Å². The number of rotatable bonds is 6. The van der Waals surface area contributed by atoms with Crippen molar-refractivity contribution in [3.05, 3.63) is 10.1 Å². The summed E-state index contributed by atoms with van der Waals surface area (Å²) in [7, 11) is 0. The van der Waals surface area contributed by atoms with Crippen LogP contribution in [0.25, 0.3) is 0 Å². The Morgan fingerprint density at radius 3 is 2.30 bits per heavy atom. The number of hydrogen-bond acceptors (Lipinski definition) is 2. The third-order valence-electron chi connectivity index (χ3n) is 1.22. The number of hydrogen-bond donors (Lipinski definition) is 0. The molecular formula is C6H12INO2. The van der Waals surface area contributed by atoms with E-state index in [1.807, 2.05) is 0 Å². The fourth-order valence-electron chi connectivity index (χ4n) is 0.689. The molecule has 3 nitrogen and oxygen atoms in total. The molecule has 0 saturated carbocycles. The van der Waals surface area contributed by atoms with Crippen molar-refractivity contribution in [1.29, 1.82) is 0 Å². The van der Waals surface area contributed by atoms with E-state index in [9.17, 15) is 10.1 Å². The van der Waals surface area contributed by atoms with E-state index in [2.05, 4.69) is 22.6 Å². The van der Waals surface area contributed by atoms with Gasteiger partial charge >= 0.3 is 0 Å². The molecule has 0 unspecified atom stereocenters. The highest BCUT2D eigenvalue weighted by Crippen LogP contribution is 2.01. The van der Waals surface area contributed by atoms with Gasteiger partial charge in [-0.15, -0.1) is 0 Å². The molecule has 4 heteroatoms. The number of unbranched alkanes of at least 4 members (excludes halogenated alkanes) is 3. The third kappa shape index (κ3) is 8.13. The van der Waals surface area contributed by atoms with Crippen molar-refractivity contribution < 1.29 is 4.92 Å². The summed E-state index contributed by atoms with van der Waals surface area (Å²) < 4.78 is 1.16. The van der Waals surface area contributed by atoms with Gasteiger partial charge in [-0.3, -0.25) is 10.1 Å². The summed E-state index contributed by atoms with van der Waals surface area (Å²) in [4.78, 5) is 9.59. The summed E-state index contributed by atoms with van der Waals surface area (Å²) >= 11 is 2.32. The zero-order chi connectivity index (χ0) is 7.82. The maximum absolute atomic E-state index is 9.84. The third-order valence-corrected chi connectivity index (χ3v) is 1.99. The molecular weight excluding hydrogens is 245 g/mol. The smallest absolute Gasteiger partial charge is 0.203 e. The zero-order valence-electron chi connectivity index (χ0n) is 5.88. The lowest BCUT2D eigenvalue weighted by molar-refractivity contribution is -0.480. The minimum Gasteiger partial charge on any atom is -0.265 e. The molecule has 0 aliphatic rings. The highest BCUT2D eigenvalue weighted by molar-refractivity contribution is 14.1. The first kappa shape index (κ1) is 10.1. The monoisotopic (exact) mass is 257 g/mol. The molecule has 60 valence electrons. The van der Waals surface area contributed by atoms with Crippen molar-refractivity contribution in [2.45, 2.75) is 25.7 Å². The van der Waals surface area contributed by atoms with Crippen LogP contribution >= 0.6 is 22.6 Å². The molecule has 0 aromatic rings. The van der Waals surface area contributed by atoms with Crippen molar-refractivity contribution in [3.8, 4) is 0 Å². The van der Waals surface area contributed by atoms with E-state index >= 15 is 0 Å². The highest BCUT2D eigenvalue weighted by Gasteiger charge is 1.95. The van der Waals surface area contributed by atoms with Crippen molar-refractivity contribution in [3.63, 3.8) is 0 Å². The molecule has 0 heterocycles. The van der Waals surface area contributed by atoms with E-state index in [1.165, 1.54) is 6.42 Å². The van der Waals surface area contributed by atoms with E-state index in [0.29, 0.717) is 0 Å². The van der Waals surface area contributed by atoms with Crippen LogP contribution in [0.5, 0.6) is 0 Å². The van der Waals surface area contributed by atoms with Gasteiger partial charge in [0, 0.05) is 11.3 Å². The molecule has 0 fully saturated rings. The van der Waals surface area contributed by atoms with Gasteiger partial charge in [0.1, 0.15) is 0 Å². The summed E-state index contributed by atoms with van der Waals surface area (Å²) in [5, 5.41) is 9.84. The molecule has 10 heavy (non-hydrogen) atoms. The summed E-state index contributed by atoms with van der Waals surface area (Å²) in [6.45, 7) is 0.140. The summed E-state index contributed by atoms with van der Waals surface area (Å²) in [5.74, 6) is 0. The Bertz CT molecular complexity index is 97.7. The van der Waals surface area contributed by atoms with Crippen LogP contribution in [-0.4, -0.2) is 15.9 Å². The molecule has 0 N–H and O–H groups in total. The predicted octanol–water partition coefficient (Wildman–Crippen LogP) is 2.26. The molecule has 0 aliphatic carbocycles. The van der Waals surface area contributed by atoms with Crippen LogP contribution in [0.15, 0.2) is 0 Å². The lowest BCUT2D eigenvalue weighted by Crippen LogP contribution is -1.99. The molecule has 0 rings (SSSR count). The van der Waals surface area contributed by atoms with Crippen LogP contribution in [0.3, 0.4) is 0 Å². The highest BCUT2D eigenvalue weighted by atomic mass is 127. The van der Waals surface area contributed by atoms with Crippen LogP contribution in [0.1, 0.15) is 25.7 Å². The van der Waals surface area contributed by atoms with Crippen LogP contribution in [0.4, 0.5) is 0 Å². The van der Waals surface area contributed by atoms with Crippen LogP contribution in [0, 0.1) is 10.1 Å². The average molecular weight is 257 g/mol. The SMILES string of the molecule is O=[N+]([O-])CCCCCCI. The van der Waals surface area contributed by atoms with Crippen LogP contribution < -0.4 is 0 Å². The Morgan fingerprint density at radius 1 is 1.20 bits per heavy atom. The standard InChI is InChI=1S/C6H12INO2/c7-5-3-1-2-4-6-8(9)10/h1-6H2. The Hall–Kier alpha value is 0.130. The van der Waals surface area contributed by atoms with Gasteiger partial charge in [-0.2, -0.15) is 0 Å². The van der Waals surface area contributed by atoms with Gasteiger partial charge in [0.05, 0.1) is 0 Å². The fraction of sp³-hybridized carbons (Fsp3) is 1.00. The number of nitro groups is 1. The Balaban J connectivity index is 2.84. The normalized spacial score (nSPS) is 9.70. The Kier molecular flexibility index (Phi) is 7.33. The lowest BCUT2D eigenvalue weighted by atomic mass is 10.2. The van der Waals surface area contributed by atoms with Crippen molar-refractivity contribution in [2.75, 3.05) is 11.0 Å². The van der Waals surface area contributed by atoms with E-state index in [4.69, 9.17) is 0 Å². The van der Waals surface area contributed by atoms with E-state index in [0.717, 1.165) is 23.7 Å². The number of halogens is 1. The van der Waals surface area contributed by atoms with Gasteiger partial charge in [-0.05, 0) is 17.3 Å². The van der Waals surface area contributed by atoms with E-state index in [1.54, 1.807) is 0 Å². The molecule has 0 radical (unpaired) electrons. The van der Waals surface area contributed by atoms with Crippen LogP contribution in [-0.2, 0) is 0 Å². The molecule has 0 aliphatic heterocycles. The Labute approximate surface area is 74.5 Å². The van der Waals surface area contributed by atoms with Crippen molar-refractivity contribution in [2.24, 2.45) is 0 Å². The second-order valence-corrected chi connectivity index (χ2v) is 3.24. The average Bonchev–Trinajstić information content (AvgIpc) is 1.87.